The van der Waals surface area contributed by atoms with Crippen LogP contribution < -0.4 is 0 Å². The van der Waals surface area contributed by atoms with E-state index in [1.54, 1.807) is 7.11 Å². The molecule has 2 aromatic rings. The van der Waals surface area contributed by atoms with Crippen molar-refractivity contribution in [3.05, 3.63) is 29.0 Å². The first kappa shape index (κ1) is 15.6. The molecule has 0 atom stereocenters. The number of para-hydroxylation sites is 1. The highest BCUT2D eigenvalue weighted by atomic mass is 35.5. The Bertz CT molecular complexity index is 593. The second-order valence-electron chi connectivity index (χ2n) is 5.76. The second-order valence-corrected chi connectivity index (χ2v) is 6.44. The van der Waals surface area contributed by atoms with Crippen molar-refractivity contribution in [1.29, 1.82) is 0 Å². The van der Waals surface area contributed by atoms with Crippen LogP contribution in [0.2, 0.25) is 5.02 Å². The number of ether oxygens (including phenoxy) is 1. The van der Waals surface area contributed by atoms with Crippen molar-refractivity contribution in [3.8, 4) is 0 Å². The van der Waals surface area contributed by atoms with Crippen LogP contribution in [-0.2, 0) is 17.2 Å². The highest BCUT2D eigenvalue weighted by Crippen LogP contribution is 2.30. The molecule has 0 bridgehead atoms. The van der Waals surface area contributed by atoms with Gasteiger partial charge in [-0.05, 0) is 24.0 Å². The lowest BCUT2D eigenvalue weighted by molar-refractivity contribution is 0.143. The van der Waals surface area contributed by atoms with Crippen molar-refractivity contribution >= 4 is 34.2 Å². The van der Waals surface area contributed by atoms with Gasteiger partial charge in [0, 0.05) is 20.3 Å². The lowest BCUT2D eigenvalue weighted by atomic mass is 9.89. The summed E-state index contributed by atoms with van der Waals surface area (Å²) in [6.45, 7) is 5.99. The Labute approximate surface area is 129 Å². The molecule has 0 spiro atoms. The maximum absolute atomic E-state index is 6.34. The maximum Gasteiger partial charge on any atom is 0.124 e. The number of hydrogen-bond acceptors (Lipinski definition) is 2. The summed E-state index contributed by atoms with van der Waals surface area (Å²) in [7, 11) is 1.73. The van der Waals surface area contributed by atoms with Crippen LogP contribution in [-0.4, -0.2) is 23.3 Å². The highest BCUT2D eigenvalue weighted by Gasteiger charge is 2.22. The normalized spacial score (nSPS) is 12.2. The minimum absolute atomic E-state index is 0.0869. The van der Waals surface area contributed by atoms with Crippen LogP contribution in [0.15, 0.2) is 18.2 Å². The molecule has 0 aliphatic carbocycles. The molecule has 3 nitrogen and oxygen atoms in total. The molecule has 2 rings (SSSR count). The van der Waals surface area contributed by atoms with Crippen molar-refractivity contribution in [1.82, 2.24) is 9.55 Å². The maximum atomic E-state index is 6.34. The molecule has 0 aliphatic rings. The summed E-state index contributed by atoms with van der Waals surface area (Å²) in [6, 6.07) is 5.77. The lowest BCUT2D eigenvalue weighted by Crippen LogP contribution is -2.22. The van der Waals surface area contributed by atoms with Gasteiger partial charge in [0.05, 0.1) is 21.9 Å². The summed E-state index contributed by atoms with van der Waals surface area (Å²) < 4.78 is 7.33. The van der Waals surface area contributed by atoms with Crippen LogP contribution in [0.1, 0.15) is 26.1 Å². The molecule has 20 heavy (non-hydrogen) atoms. The molecule has 0 unspecified atom stereocenters. The Hall–Kier alpha value is -0.770. The zero-order valence-corrected chi connectivity index (χ0v) is 13.6. The van der Waals surface area contributed by atoms with E-state index in [9.17, 15) is 0 Å². The Morgan fingerprint density at radius 2 is 2.10 bits per heavy atom. The smallest absolute Gasteiger partial charge is 0.124 e. The minimum atomic E-state index is 0.0869. The molecule has 0 fully saturated rings. The van der Waals surface area contributed by atoms with E-state index in [-0.39, 0.29) is 5.41 Å². The number of imidazole rings is 1. The van der Waals surface area contributed by atoms with E-state index in [0.29, 0.717) is 10.9 Å². The first-order valence-electron chi connectivity index (χ1n) is 6.67. The second kappa shape index (κ2) is 6.33. The van der Waals surface area contributed by atoms with Crippen LogP contribution >= 0.6 is 23.2 Å². The molecule has 0 aliphatic heterocycles. The Balaban J connectivity index is 2.42. The fourth-order valence-corrected chi connectivity index (χ4v) is 2.82. The number of fused-ring (bicyclic) bond motifs is 1. The molecule has 0 amide bonds. The van der Waals surface area contributed by atoms with E-state index < -0.39 is 0 Å². The number of rotatable bonds is 6. The van der Waals surface area contributed by atoms with E-state index in [2.05, 4.69) is 23.4 Å². The third kappa shape index (κ3) is 3.27. The van der Waals surface area contributed by atoms with Crippen molar-refractivity contribution in [3.63, 3.8) is 0 Å². The Morgan fingerprint density at radius 3 is 2.75 bits per heavy atom. The fourth-order valence-electron chi connectivity index (χ4n) is 2.35. The number of nitrogens with zero attached hydrogens (tertiary/aromatic N) is 2. The first-order valence-corrected chi connectivity index (χ1v) is 7.58. The van der Waals surface area contributed by atoms with E-state index in [1.165, 1.54) is 0 Å². The van der Waals surface area contributed by atoms with Crippen molar-refractivity contribution in [2.24, 2.45) is 5.41 Å². The topological polar surface area (TPSA) is 27.1 Å². The minimum Gasteiger partial charge on any atom is -0.385 e. The van der Waals surface area contributed by atoms with Gasteiger partial charge in [0.2, 0.25) is 0 Å². The van der Waals surface area contributed by atoms with Crippen molar-refractivity contribution in [2.75, 3.05) is 13.7 Å². The zero-order valence-electron chi connectivity index (χ0n) is 12.1. The third-order valence-corrected chi connectivity index (χ3v) is 4.03. The SMILES string of the molecule is COCCC(C)(C)Cn1c(CCl)nc2cccc(Cl)c21. The summed E-state index contributed by atoms with van der Waals surface area (Å²) in [5.41, 5.74) is 1.95. The molecular weight excluding hydrogens is 295 g/mol. The number of halogens is 2. The van der Waals surface area contributed by atoms with Crippen LogP contribution in [0.3, 0.4) is 0 Å². The predicted octanol–water partition coefficient (Wildman–Crippen LogP) is 4.49. The van der Waals surface area contributed by atoms with Crippen molar-refractivity contribution < 1.29 is 4.74 Å². The summed E-state index contributed by atoms with van der Waals surface area (Å²) >= 11 is 12.4. The molecular formula is C15H20Cl2N2O. The standard InChI is InChI=1S/C15H20Cl2N2O/c1-15(2,7-8-20-3)10-19-13(9-16)18-12-6-4-5-11(17)14(12)19/h4-6H,7-10H2,1-3H3. The van der Waals surface area contributed by atoms with Crippen molar-refractivity contribution in [2.45, 2.75) is 32.7 Å². The number of alkyl halides is 1. The largest absolute Gasteiger partial charge is 0.385 e. The average molecular weight is 315 g/mol. The van der Waals surface area contributed by atoms with Gasteiger partial charge in [0.25, 0.3) is 0 Å². The summed E-state index contributed by atoms with van der Waals surface area (Å²) in [6.07, 6.45) is 0.968. The van der Waals surface area contributed by atoms with Crippen LogP contribution in [0.4, 0.5) is 0 Å². The highest BCUT2D eigenvalue weighted by molar-refractivity contribution is 6.35. The van der Waals surface area contributed by atoms with Gasteiger partial charge in [0.1, 0.15) is 5.82 Å². The molecule has 5 heteroatoms. The van der Waals surface area contributed by atoms with E-state index in [1.807, 2.05) is 18.2 Å². The summed E-state index contributed by atoms with van der Waals surface area (Å²) in [4.78, 5) is 4.57. The fraction of sp³-hybridized carbons (Fsp3) is 0.533. The molecule has 0 saturated carbocycles. The van der Waals surface area contributed by atoms with E-state index >= 15 is 0 Å². The summed E-state index contributed by atoms with van der Waals surface area (Å²) in [5.74, 6) is 1.24. The number of hydrogen-bond donors (Lipinski definition) is 0. The number of methoxy groups -OCH3 is 1. The Kier molecular flexibility index (Phi) is 4.95. The molecule has 110 valence electrons. The monoisotopic (exact) mass is 314 g/mol. The van der Waals surface area contributed by atoms with Gasteiger partial charge in [0.15, 0.2) is 0 Å². The zero-order chi connectivity index (χ0) is 14.8. The van der Waals surface area contributed by atoms with Gasteiger partial charge in [-0.2, -0.15) is 0 Å². The molecule has 0 radical (unpaired) electrons. The first-order chi connectivity index (χ1) is 9.48. The number of aromatic nitrogens is 2. The van der Waals surface area contributed by atoms with E-state index in [0.717, 1.165) is 36.4 Å². The quantitative estimate of drug-likeness (QED) is 0.734. The molecule has 1 aromatic carbocycles. The summed E-state index contributed by atoms with van der Waals surface area (Å²) in [5, 5.41) is 0.717. The third-order valence-electron chi connectivity index (χ3n) is 3.49. The van der Waals surface area contributed by atoms with Crippen LogP contribution in [0.25, 0.3) is 11.0 Å². The number of benzene rings is 1. The van der Waals surface area contributed by atoms with E-state index in [4.69, 9.17) is 27.9 Å². The molecule has 0 saturated heterocycles. The average Bonchev–Trinajstić information content (AvgIpc) is 2.75. The molecule has 1 heterocycles. The van der Waals surface area contributed by atoms with Gasteiger partial charge in [-0.1, -0.05) is 31.5 Å². The molecule has 1 aromatic heterocycles. The van der Waals surface area contributed by atoms with Gasteiger partial charge >= 0.3 is 0 Å². The van der Waals surface area contributed by atoms with Gasteiger partial charge in [-0.15, -0.1) is 11.6 Å². The van der Waals surface area contributed by atoms with Crippen LogP contribution in [0.5, 0.6) is 0 Å². The van der Waals surface area contributed by atoms with Gasteiger partial charge < -0.3 is 9.30 Å². The predicted molar refractivity (Wildman–Crippen MR) is 84.6 cm³/mol. The lowest BCUT2D eigenvalue weighted by Gasteiger charge is -2.26. The Morgan fingerprint density at radius 1 is 1.35 bits per heavy atom. The van der Waals surface area contributed by atoms with Gasteiger partial charge in [-0.25, -0.2) is 4.98 Å². The van der Waals surface area contributed by atoms with Gasteiger partial charge in [-0.3, -0.25) is 0 Å². The van der Waals surface area contributed by atoms with Crippen LogP contribution in [0, 0.1) is 5.41 Å². The molecule has 0 N–H and O–H groups in total.